The summed E-state index contributed by atoms with van der Waals surface area (Å²) in [5.41, 5.74) is 1.53. The molecule has 0 aliphatic rings. The number of rotatable bonds is 5. The number of azo groups is 1. The van der Waals surface area contributed by atoms with Crippen LogP contribution >= 0.6 is 15.9 Å². The van der Waals surface area contributed by atoms with Crippen molar-refractivity contribution in [3.63, 3.8) is 0 Å². The van der Waals surface area contributed by atoms with Crippen molar-refractivity contribution in [1.82, 2.24) is 4.98 Å². The van der Waals surface area contributed by atoms with E-state index in [9.17, 15) is 5.11 Å². The van der Waals surface area contributed by atoms with Crippen LogP contribution in [-0.2, 0) is 0 Å². The molecule has 0 aliphatic carbocycles. The van der Waals surface area contributed by atoms with Gasteiger partial charge in [0.25, 0.3) is 0 Å². The number of phenolic OH excluding ortho intramolecular Hbond substituents is 1. The van der Waals surface area contributed by atoms with Gasteiger partial charge in [0.05, 0.1) is 5.69 Å². The van der Waals surface area contributed by atoms with Gasteiger partial charge in [-0.25, -0.2) is 4.98 Å². The fraction of sp³-hybridized carbons (Fsp3) is 0.267. The molecule has 0 amide bonds. The van der Waals surface area contributed by atoms with E-state index in [4.69, 9.17) is 0 Å². The lowest BCUT2D eigenvalue weighted by molar-refractivity contribution is 0.475. The van der Waals surface area contributed by atoms with Gasteiger partial charge in [0.1, 0.15) is 5.75 Å². The molecule has 6 heteroatoms. The van der Waals surface area contributed by atoms with E-state index in [2.05, 4.69) is 49.9 Å². The summed E-state index contributed by atoms with van der Waals surface area (Å²) in [5.74, 6) is 0.697. The highest BCUT2D eigenvalue weighted by atomic mass is 79.9. The minimum atomic E-state index is 0.178. The summed E-state index contributed by atoms with van der Waals surface area (Å²) in [6.45, 7) is 5.87. The number of aromatic hydroxyl groups is 1. The summed E-state index contributed by atoms with van der Waals surface area (Å²) in [4.78, 5) is 6.26. The van der Waals surface area contributed by atoms with Crippen LogP contribution < -0.4 is 4.90 Å². The molecule has 0 atom stereocenters. The van der Waals surface area contributed by atoms with E-state index in [1.165, 1.54) is 0 Å². The molecule has 21 heavy (non-hydrogen) atoms. The van der Waals surface area contributed by atoms with Gasteiger partial charge in [-0.3, -0.25) is 0 Å². The van der Waals surface area contributed by atoms with Gasteiger partial charge in [-0.1, -0.05) is 0 Å². The molecule has 5 nitrogen and oxygen atoms in total. The lowest BCUT2D eigenvalue weighted by atomic mass is 10.2. The molecule has 1 aromatic heterocycles. The number of hydrogen-bond acceptors (Lipinski definition) is 5. The van der Waals surface area contributed by atoms with Crippen molar-refractivity contribution in [2.75, 3.05) is 18.0 Å². The molecule has 110 valence electrons. The van der Waals surface area contributed by atoms with Crippen molar-refractivity contribution in [2.24, 2.45) is 10.2 Å². The van der Waals surface area contributed by atoms with E-state index >= 15 is 0 Å². The Morgan fingerprint density at radius 2 is 1.90 bits per heavy atom. The Labute approximate surface area is 132 Å². The Morgan fingerprint density at radius 3 is 2.52 bits per heavy atom. The van der Waals surface area contributed by atoms with Crippen LogP contribution in [0.25, 0.3) is 0 Å². The number of aromatic nitrogens is 1. The standard InChI is InChI=1S/C15H17BrN4O/c1-3-20(4-2)13-7-12(8-14(21)9-13)18-19-15-6-5-11(16)10-17-15/h5-10,21H,3-4H2,1-2H3. The third-order valence-corrected chi connectivity index (χ3v) is 3.46. The molecule has 0 aliphatic heterocycles. The predicted octanol–water partition coefficient (Wildman–Crippen LogP) is 4.81. The highest BCUT2D eigenvalue weighted by Gasteiger charge is 2.05. The van der Waals surface area contributed by atoms with Crippen LogP contribution in [0.5, 0.6) is 5.75 Å². The van der Waals surface area contributed by atoms with Crippen LogP contribution in [-0.4, -0.2) is 23.2 Å². The minimum absolute atomic E-state index is 0.178. The zero-order chi connectivity index (χ0) is 15.2. The Morgan fingerprint density at radius 1 is 1.14 bits per heavy atom. The van der Waals surface area contributed by atoms with Gasteiger partial charge in [0.2, 0.25) is 0 Å². The third-order valence-electron chi connectivity index (χ3n) is 3.00. The number of halogens is 1. The second-order valence-electron chi connectivity index (χ2n) is 4.41. The average Bonchev–Trinajstić information content (AvgIpc) is 2.47. The van der Waals surface area contributed by atoms with Crippen LogP contribution in [0, 0.1) is 0 Å². The first kappa shape index (κ1) is 15.4. The molecule has 1 N–H and O–H groups in total. The summed E-state index contributed by atoms with van der Waals surface area (Å²) >= 11 is 3.32. The molecule has 0 bridgehead atoms. The smallest absolute Gasteiger partial charge is 0.174 e. The molecule has 0 spiro atoms. The van der Waals surface area contributed by atoms with Crippen molar-refractivity contribution in [3.05, 3.63) is 41.0 Å². The van der Waals surface area contributed by atoms with Crippen molar-refractivity contribution in [1.29, 1.82) is 0 Å². The fourth-order valence-corrected chi connectivity index (χ4v) is 2.18. The molecule has 0 radical (unpaired) electrons. The van der Waals surface area contributed by atoms with Crippen LogP contribution in [0.15, 0.2) is 51.2 Å². The van der Waals surface area contributed by atoms with E-state index in [0.29, 0.717) is 11.5 Å². The molecule has 1 aromatic carbocycles. The van der Waals surface area contributed by atoms with Crippen LogP contribution in [0.4, 0.5) is 17.2 Å². The van der Waals surface area contributed by atoms with Gasteiger partial charge in [-0.05, 0) is 48.0 Å². The maximum absolute atomic E-state index is 9.82. The van der Waals surface area contributed by atoms with Crippen molar-refractivity contribution in [3.8, 4) is 5.75 Å². The quantitative estimate of drug-likeness (QED) is 0.788. The average molecular weight is 349 g/mol. The summed E-state index contributed by atoms with van der Waals surface area (Å²) in [6.07, 6.45) is 1.66. The Bertz CT molecular complexity index is 624. The molecule has 2 aromatic rings. The Hall–Kier alpha value is -1.95. The molecular formula is C15H17BrN4O. The van der Waals surface area contributed by atoms with Crippen molar-refractivity contribution in [2.45, 2.75) is 13.8 Å². The largest absolute Gasteiger partial charge is 0.508 e. The zero-order valence-corrected chi connectivity index (χ0v) is 13.6. The van der Waals surface area contributed by atoms with Gasteiger partial charge in [-0.2, -0.15) is 0 Å². The van der Waals surface area contributed by atoms with Gasteiger partial charge < -0.3 is 10.0 Å². The Kier molecular flexibility index (Phi) is 5.27. The molecular weight excluding hydrogens is 332 g/mol. The maximum atomic E-state index is 9.82. The number of anilines is 1. The maximum Gasteiger partial charge on any atom is 0.174 e. The second-order valence-corrected chi connectivity index (χ2v) is 5.33. The molecule has 0 unspecified atom stereocenters. The van der Waals surface area contributed by atoms with Crippen LogP contribution in [0.2, 0.25) is 0 Å². The number of nitrogens with zero attached hydrogens (tertiary/aromatic N) is 4. The van der Waals surface area contributed by atoms with Gasteiger partial charge >= 0.3 is 0 Å². The summed E-state index contributed by atoms with van der Waals surface area (Å²) in [7, 11) is 0. The molecule has 2 rings (SSSR count). The first-order valence-electron chi connectivity index (χ1n) is 6.74. The number of hydrogen-bond donors (Lipinski definition) is 1. The number of phenols is 1. The highest BCUT2D eigenvalue weighted by molar-refractivity contribution is 9.10. The lowest BCUT2D eigenvalue weighted by Gasteiger charge is -2.21. The molecule has 0 saturated carbocycles. The second kappa shape index (κ2) is 7.17. The van der Waals surface area contributed by atoms with E-state index in [1.54, 1.807) is 24.4 Å². The molecule has 0 saturated heterocycles. The summed E-state index contributed by atoms with van der Waals surface area (Å²) in [6, 6.07) is 8.82. The van der Waals surface area contributed by atoms with E-state index < -0.39 is 0 Å². The normalized spacial score (nSPS) is 11.0. The summed E-state index contributed by atoms with van der Waals surface area (Å²) < 4.78 is 0.891. The van der Waals surface area contributed by atoms with Gasteiger partial charge in [-0.15, -0.1) is 10.2 Å². The predicted molar refractivity (Wildman–Crippen MR) is 87.8 cm³/mol. The minimum Gasteiger partial charge on any atom is -0.508 e. The first-order chi connectivity index (χ1) is 10.1. The van der Waals surface area contributed by atoms with Crippen LogP contribution in [0.3, 0.4) is 0 Å². The van der Waals surface area contributed by atoms with Gasteiger partial charge in [0.15, 0.2) is 5.82 Å². The Balaban J connectivity index is 2.25. The van der Waals surface area contributed by atoms with Crippen molar-refractivity contribution >= 4 is 33.1 Å². The van der Waals surface area contributed by atoms with Crippen molar-refractivity contribution < 1.29 is 5.11 Å². The van der Waals surface area contributed by atoms with Crippen LogP contribution in [0.1, 0.15) is 13.8 Å². The van der Waals surface area contributed by atoms with Gasteiger partial charge in [0, 0.05) is 41.6 Å². The number of pyridine rings is 1. The summed E-state index contributed by atoms with van der Waals surface area (Å²) in [5, 5.41) is 18.0. The third kappa shape index (κ3) is 4.26. The van der Waals surface area contributed by atoms with E-state index in [1.807, 2.05) is 12.1 Å². The molecule has 1 heterocycles. The zero-order valence-electron chi connectivity index (χ0n) is 12.0. The highest BCUT2D eigenvalue weighted by Crippen LogP contribution is 2.29. The molecule has 0 fully saturated rings. The monoisotopic (exact) mass is 348 g/mol. The van der Waals surface area contributed by atoms with E-state index in [0.717, 1.165) is 23.2 Å². The topological polar surface area (TPSA) is 61.1 Å². The SMILES string of the molecule is CCN(CC)c1cc(O)cc(N=Nc2ccc(Br)cn2)c1. The fourth-order valence-electron chi connectivity index (χ4n) is 1.94. The lowest BCUT2D eigenvalue weighted by Crippen LogP contribution is -2.21. The number of benzene rings is 1. The first-order valence-corrected chi connectivity index (χ1v) is 7.54. The van der Waals surface area contributed by atoms with E-state index in [-0.39, 0.29) is 5.75 Å².